The number of hydrogen-bond acceptors (Lipinski definition) is 2. The zero-order chi connectivity index (χ0) is 12.1. The molecule has 0 heterocycles. The van der Waals surface area contributed by atoms with Crippen molar-refractivity contribution in [2.45, 2.75) is 20.8 Å². The number of carboxylic acid groups (broad SMARTS) is 1. The van der Waals surface area contributed by atoms with Gasteiger partial charge in [0.2, 0.25) is 0 Å². The summed E-state index contributed by atoms with van der Waals surface area (Å²) in [5.41, 5.74) is 3.46. The van der Waals surface area contributed by atoms with Gasteiger partial charge in [0, 0.05) is 6.08 Å². The van der Waals surface area contributed by atoms with Crippen LogP contribution in [-0.4, -0.2) is 17.7 Å². The van der Waals surface area contributed by atoms with E-state index in [1.54, 1.807) is 0 Å². The number of rotatable bonds is 4. The lowest BCUT2D eigenvalue weighted by Crippen LogP contribution is -1.98. The molecular formula is C13H16O3. The molecule has 1 aromatic carbocycles. The molecule has 0 saturated carbocycles. The molecule has 0 radical (unpaired) electrons. The standard InChI is InChI=1S/C13H16O3/c1-9-7-11(3)12(8-10(9)2)16-6-4-5-13(14)15/h4-5,7-8H,6H2,1-3H3,(H,14,15)/b5-4+. The summed E-state index contributed by atoms with van der Waals surface area (Å²) < 4.78 is 5.47. The molecule has 0 amide bonds. The zero-order valence-corrected chi connectivity index (χ0v) is 9.78. The predicted octanol–water partition coefficient (Wildman–Crippen LogP) is 2.63. The second-order valence-electron chi connectivity index (χ2n) is 3.75. The van der Waals surface area contributed by atoms with Crippen molar-refractivity contribution in [3.8, 4) is 5.75 Å². The van der Waals surface area contributed by atoms with Crippen LogP contribution >= 0.6 is 0 Å². The molecule has 1 N–H and O–H groups in total. The molecule has 0 unspecified atom stereocenters. The first-order valence-corrected chi connectivity index (χ1v) is 5.11. The summed E-state index contributed by atoms with van der Waals surface area (Å²) in [6, 6.07) is 4.03. The van der Waals surface area contributed by atoms with Gasteiger partial charge in [0.05, 0.1) is 0 Å². The minimum Gasteiger partial charge on any atom is -0.489 e. The van der Waals surface area contributed by atoms with Crippen LogP contribution in [0.2, 0.25) is 0 Å². The molecule has 1 rings (SSSR count). The molecule has 0 bridgehead atoms. The van der Waals surface area contributed by atoms with E-state index in [1.807, 2.05) is 19.9 Å². The fraction of sp³-hybridized carbons (Fsp3) is 0.308. The molecule has 0 saturated heterocycles. The Labute approximate surface area is 95.4 Å². The lowest BCUT2D eigenvalue weighted by atomic mass is 10.1. The highest BCUT2D eigenvalue weighted by Crippen LogP contribution is 2.22. The van der Waals surface area contributed by atoms with Gasteiger partial charge >= 0.3 is 5.97 Å². The second kappa shape index (κ2) is 5.35. The number of carbonyl (C=O) groups is 1. The first-order valence-electron chi connectivity index (χ1n) is 5.11. The predicted molar refractivity (Wildman–Crippen MR) is 62.9 cm³/mol. The lowest BCUT2D eigenvalue weighted by Gasteiger charge is -2.10. The Bertz CT molecular complexity index is 419. The molecule has 86 valence electrons. The van der Waals surface area contributed by atoms with Crippen LogP contribution in [0.15, 0.2) is 24.3 Å². The maximum absolute atomic E-state index is 10.2. The van der Waals surface area contributed by atoms with Crippen LogP contribution in [-0.2, 0) is 4.79 Å². The highest BCUT2D eigenvalue weighted by atomic mass is 16.5. The van der Waals surface area contributed by atoms with E-state index in [-0.39, 0.29) is 6.61 Å². The maximum atomic E-state index is 10.2. The van der Waals surface area contributed by atoms with Gasteiger partial charge in [-0.15, -0.1) is 0 Å². The molecule has 0 aliphatic heterocycles. The number of aliphatic carboxylic acids is 1. The van der Waals surface area contributed by atoms with Crippen LogP contribution < -0.4 is 4.74 Å². The van der Waals surface area contributed by atoms with Crippen LogP contribution in [0.3, 0.4) is 0 Å². The van der Waals surface area contributed by atoms with Gasteiger partial charge in [-0.25, -0.2) is 4.79 Å². The van der Waals surface area contributed by atoms with Crippen LogP contribution in [0.25, 0.3) is 0 Å². The van der Waals surface area contributed by atoms with E-state index in [2.05, 4.69) is 13.0 Å². The topological polar surface area (TPSA) is 46.5 Å². The van der Waals surface area contributed by atoms with Crippen molar-refractivity contribution < 1.29 is 14.6 Å². The Morgan fingerprint density at radius 2 is 1.88 bits per heavy atom. The highest BCUT2D eigenvalue weighted by Gasteiger charge is 2.01. The Morgan fingerprint density at radius 3 is 2.50 bits per heavy atom. The van der Waals surface area contributed by atoms with Gasteiger partial charge in [-0.2, -0.15) is 0 Å². The molecule has 3 heteroatoms. The molecule has 0 spiro atoms. The van der Waals surface area contributed by atoms with Gasteiger partial charge in [0.1, 0.15) is 12.4 Å². The average molecular weight is 220 g/mol. The Balaban J connectivity index is 2.67. The highest BCUT2D eigenvalue weighted by molar-refractivity contribution is 5.79. The van der Waals surface area contributed by atoms with Crippen LogP contribution in [0, 0.1) is 20.8 Å². The van der Waals surface area contributed by atoms with E-state index < -0.39 is 5.97 Å². The SMILES string of the molecule is Cc1cc(C)c(OC/C=C/C(=O)O)cc1C. The van der Waals surface area contributed by atoms with Gasteiger partial charge in [-0.1, -0.05) is 6.07 Å². The first-order chi connectivity index (χ1) is 7.50. The molecule has 0 aliphatic carbocycles. The summed E-state index contributed by atoms with van der Waals surface area (Å²) in [6.07, 6.45) is 2.56. The third-order valence-corrected chi connectivity index (χ3v) is 2.39. The molecular weight excluding hydrogens is 204 g/mol. The molecule has 0 atom stereocenters. The van der Waals surface area contributed by atoms with Gasteiger partial charge in [-0.3, -0.25) is 0 Å². The smallest absolute Gasteiger partial charge is 0.328 e. The fourth-order valence-electron chi connectivity index (χ4n) is 1.38. The summed E-state index contributed by atoms with van der Waals surface area (Å²) in [7, 11) is 0. The Kier molecular flexibility index (Phi) is 4.11. The summed E-state index contributed by atoms with van der Waals surface area (Å²) in [4.78, 5) is 10.2. The number of hydrogen-bond donors (Lipinski definition) is 1. The minimum atomic E-state index is -0.958. The minimum absolute atomic E-state index is 0.273. The van der Waals surface area contributed by atoms with Crippen LogP contribution in [0.5, 0.6) is 5.75 Å². The van der Waals surface area contributed by atoms with E-state index in [0.717, 1.165) is 17.4 Å². The van der Waals surface area contributed by atoms with Gasteiger partial charge in [0.15, 0.2) is 0 Å². The maximum Gasteiger partial charge on any atom is 0.328 e. The third kappa shape index (κ3) is 3.42. The summed E-state index contributed by atoms with van der Waals surface area (Å²) in [6.45, 7) is 6.32. The van der Waals surface area contributed by atoms with E-state index in [4.69, 9.17) is 9.84 Å². The normalized spacial score (nSPS) is 10.7. The summed E-state index contributed by atoms with van der Waals surface area (Å²) in [5.74, 6) is -0.154. The van der Waals surface area contributed by atoms with Gasteiger partial charge in [-0.05, 0) is 49.6 Å². The number of benzene rings is 1. The van der Waals surface area contributed by atoms with E-state index in [9.17, 15) is 4.79 Å². The molecule has 1 aromatic rings. The second-order valence-corrected chi connectivity index (χ2v) is 3.75. The summed E-state index contributed by atoms with van der Waals surface area (Å²) >= 11 is 0. The lowest BCUT2D eigenvalue weighted by molar-refractivity contribution is -0.131. The van der Waals surface area contributed by atoms with E-state index in [1.165, 1.54) is 17.2 Å². The monoisotopic (exact) mass is 220 g/mol. The van der Waals surface area contributed by atoms with Crippen molar-refractivity contribution in [1.29, 1.82) is 0 Å². The number of ether oxygens (including phenoxy) is 1. The van der Waals surface area contributed by atoms with Crippen molar-refractivity contribution in [2.24, 2.45) is 0 Å². The van der Waals surface area contributed by atoms with Crippen LogP contribution in [0.1, 0.15) is 16.7 Å². The van der Waals surface area contributed by atoms with Crippen molar-refractivity contribution in [3.63, 3.8) is 0 Å². The molecule has 16 heavy (non-hydrogen) atoms. The van der Waals surface area contributed by atoms with Crippen molar-refractivity contribution in [1.82, 2.24) is 0 Å². The zero-order valence-electron chi connectivity index (χ0n) is 9.78. The van der Waals surface area contributed by atoms with Crippen molar-refractivity contribution >= 4 is 5.97 Å². The van der Waals surface area contributed by atoms with Gasteiger partial charge < -0.3 is 9.84 Å². The molecule has 0 aliphatic rings. The third-order valence-electron chi connectivity index (χ3n) is 2.39. The molecule has 3 nitrogen and oxygen atoms in total. The van der Waals surface area contributed by atoms with E-state index in [0.29, 0.717) is 0 Å². The molecule has 0 fully saturated rings. The molecule has 0 aromatic heterocycles. The quantitative estimate of drug-likeness (QED) is 0.793. The first kappa shape index (κ1) is 12.3. The largest absolute Gasteiger partial charge is 0.489 e. The average Bonchev–Trinajstić information content (AvgIpc) is 2.19. The fourth-order valence-corrected chi connectivity index (χ4v) is 1.38. The van der Waals surface area contributed by atoms with Gasteiger partial charge in [0.25, 0.3) is 0 Å². The number of aryl methyl sites for hydroxylation is 3. The van der Waals surface area contributed by atoms with Crippen molar-refractivity contribution in [2.75, 3.05) is 6.61 Å². The van der Waals surface area contributed by atoms with Crippen molar-refractivity contribution in [3.05, 3.63) is 41.0 Å². The Hall–Kier alpha value is -1.77. The number of carboxylic acids is 1. The van der Waals surface area contributed by atoms with Crippen LogP contribution in [0.4, 0.5) is 0 Å². The Morgan fingerprint density at radius 1 is 1.25 bits per heavy atom. The van der Waals surface area contributed by atoms with E-state index >= 15 is 0 Å². The summed E-state index contributed by atoms with van der Waals surface area (Å²) in [5, 5.41) is 8.40.